The number of aliphatic imine (C=N–C) groups is 1. The van der Waals surface area contributed by atoms with Gasteiger partial charge >= 0.3 is 0 Å². The van der Waals surface area contributed by atoms with Gasteiger partial charge in [-0.25, -0.2) is 4.99 Å². The second-order valence-electron chi connectivity index (χ2n) is 5.85. The SMILES string of the molecule is Cc1c(Cl)cccc1N=C1NC(=O)/C(=C\c2ccn(C(C)C)c2)S1. The number of amidine groups is 1. The van der Waals surface area contributed by atoms with E-state index in [0.717, 1.165) is 16.8 Å². The molecule has 1 amide bonds. The van der Waals surface area contributed by atoms with E-state index in [1.807, 2.05) is 49.7 Å². The third-order valence-corrected chi connectivity index (χ3v) is 5.06. The summed E-state index contributed by atoms with van der Waals surface area (Å²) >= 11 is 7.45. The van der Waals surface area contributed by atoms with Crippen LogP contribution in [0.4, 0.5) is 5.69 Å². The van der Waals surface area contributed by atoms with Gasteiger partial charge < -0.3 is 9.88 Å². The van der Waals surface area contributed by atoms with Crippen molar-refractivity contribution in [3.63, 3.8) is 0 Å². The lowest BCUT2D eigenvalue weighted by atomic mass is 10.2. The number of halogens is 1. The van der Waals surface area contributed by atoms with Gasteiger partial charge in [-0.2, -0.15) is 0 Å². The number of hydrogen-bond donors (Lipinski definition) is 1. The highest BCUT2D eigenvalue weighted by molar-refractivity contribution is 8.18. The molecule has 1 aliphatic rings. The van der Waals surface area contributed by atoms with E-state index < -0.39 is 0 Å². The molecule has 124 valence electrons. The smallest absolute Gasteiger partial charge is 0.264 e. The highest BCUT2D eigenvalue weighted by atomic mass is 35.5. The minimum Gasteiger partial charge on any atom is -0.351 e. The van der Waals surface area contributed by atoms with Gasteiger partial charge in [0, 0.05) is 23.5 Å². The average molecular weight is 360 g/mol. The Hall–Kier alpha value is -1.98. The summed E-state index contributed by atoms with van der Waals surface area (Å²) in [6.07, 6.45) is 5.92. The topological polar surface area (TPSA) is 46.4 Å². The predicted molar refractivity (Wildman–Crippen MR) is 102 cm³/mol. The maximum absolute atomic E-state index is 12.2. The molecular weight excluding hydrogens is 342 g/mol. The number of nitrogens with zero attached hydrogens (tertiary/aromatic N) is 2. The maximum Gasteiger partial charge on any atom is 0.264 e. The summed E-state index contributed by atoms with van der Waals surface area (Å²) in [6.45, 7) is 6.15. The van der Waals surface area contributed by atoms with Gasteiger partial charge in [-0.15, -0.1) is 0 Å². The van der Waals surface area contributed by atoms with Crippen molar-refractivity contribution in [3.05, 3.63) is 57.7 Å². The van der Waals surface area contributed by atoms with E-state index in [1.165, 1.54) is 11.8 Å². The van der Waals surface area contributed by atoms with Gasteiger partial charge in [0.1, 0.15) is 0 Å². The molecule has 3 rings (SSSR count). The molecule has 2 aromatic rings. The van der Waals surface area contributed by atoms with Crippen molar-refractivity contribution in [2.45, 2.75) is 26.8 Å². The van der Waals surface area contributed by atoms with Crippen molar-refractivity contribution in [3.8, 4) is 0 Å². The maximum atomic E-state index is 12.2. The number of aromatic nitrogens is 1. The number of benzene rings is 1. The Bertz CT molecular complexity index is 852. The molecule has 1 aromatic heterocycles. The first-order chi connectivity index (χ1) is 11.4. The second-order valence-corrected chi connectivity index (χ2v) is 7.29. The number of hydrogen-bond acceptors (Lipinski definition) is 3. The van der Waals surface area contributed by atoms with Crippen LogP contribution in [0.2, 0.25) is 5.02 Å². The van der Waals surface area contributed by atoms with Crippen LogP contribution in [0.15, 0.2) is 46.6 Å². The zero-order valence-corrected chi connectivity index (χ0v) is 15.3. The number of carbonyl (C=O) groups excluding carboxylic acids is 1. The van der Waals surface area contributed by atoms with E-state index in [1.54, 1.807) is 0 Å². The van der Waals surface area contributed by atoms with Gasteiger partial charge in [0.25, 0.3) is 5.91 Å². The van der Waals surface area contributed by atoms with Crippen LogP contribution in [0.25, 0.3) is 6.08 Å². The Kier molecular flexibility index (Phi) is 4.83. The minimum atomic E-state index is -0.129. The van der Waals surface area contributed by atoms with E-state index in [9.17, 15) is 4.79 Å². The minimum absolute atomic E-state index is 0.129. The Morgan fingerprint density at radius 2 is 2.12 bits per heavy atom. The number of thioether (sulfide) groups is 1. The van der Waals surface area contributed by atoms with Crippen molar-refractivity contribution in [2.75, 3.05) is 0 Å². The average Bonchev–Trinajstić information content (AvgIpc) is 3.12. The molecule has 1 N–H and O–H groups in total. The number of carbonyl (C=O) groups is 1. The summed E-state index contributed by atoms with van der Waals surface area (Å²) in [7, 11) is 0. The van der Waals surface area contributed by atoms with E-state index in [0.29, 0.717) is 21.1 Å². The lowest BCUT2D eigenvalue weighted by molar-refractivity contribution is -0.115. The molecule has 0 radical (unpaired) electrons. The summed E-state index contributed by atoms with van der Waals surface area (Å²) < 4.78 is 2.11. The Morgan fingerprint density at radius 3 is 2.83 bits per heavy atom. The lowest BCUT2D eigenvalue weighted by Crippen LogP contribution is -2.19. The molecule has 0 aliphatic carbocycles. The number of nitrogens with one attached hydrogen (secondary N) is 1. The van der Waals surface area contributed by atoms with Crippen molar-refractivity contribution >= 4 is 46.2 Å². The van der Waals surface area contributed by atoms with Crippen LogP contribution in [0, 0.1) is 6.92 Å². The highest BCUT2D eigenvalue weighted by Crippen LogP contribution is 2.31. The Balaban J connectivity index is 1.83. The standard InChI is InChI=1S/C18H18ClN3OS/c1-11(2)22-8-7-13(10-22)9-16-17(23)21-18(24-16)20-15-6-4-5-14(19)12(15)3/h4-11H,1-3H3,(H,20,21,23)/b16-9+. The van der Waals surface area contributed by atoms with Crippen LogP contribution in [-0.2, 0) is 4.79 Å². The van der Waals surface area contributed by atoms with E-state index in [-0.39, 0.29) is 5.91 Å². The number of rotatable bonds is 3. The van der Waals surface area contributed by atoms with Crippen LogP contribution in [0.1, 0.15) is 31.0 Å². The first kappa shape index (κ1) is 16.9. The first-order valence-electron chi connectivity index (χ1n) is 7.66. The monoisotopic (exact) mass is 359 g/mol. The molecule has 0 saturated carbocycles. The molecule has 4 nitrogen and oxygen atoms in total. The van der Waals surface area contributed by atoms with Crippen LogP contribution < -0.4 is 5.32 Å². The van der Waals surface area contributed by atoms with Gasteiger partial charge in [-0.05, 0) is 67.9 Å². The fourth-order valence-electron chi connectivity index (χ4n) is 2.30. The molecule has 0 unspecified atom stereocenters. The summed E-state index contributed by atoms with van der Waals surface area (Å²) in [5, 5.41) is 4.04. The van der Waals surface area contributed by atoms with Crippen molar-refractivity contribution in [1.82, 2.24) is 9.88 Å². The van der Waals surface area contributed by atoms with Crippen LogP contribution in [0.3, 0.4) is 0 Å². The third kappa shape index (κ3) is 3.57. The van der Waals surface area contributed by atoms with Gasteiger partial charge in [-0.1, -0.05) is 17.7 Å². The predicted octanol–water partition coefficient (Wildman–Crippen LogP) is 4.92. The molecule has 1 saturated heterocycles. The van der Waals surface area contributed by atoms with Crippen molar-refractivity contribution in [1.29, 1.82) is 0 Å². The summed E-state index contributed by atoms with van der Waals surface area (Å²) in [6, 6.07) is 7.94. The molecule has 1 aliphatic heterocycles. The zero-order chi connectivity index (χ0) is 17.3. The van der Waals surface area contributed by atoms with Crippen molar-refractivity contribution in [2.24, 2.45) is 4.99 Å². The molecule has 1 aromatic carbocycles. The normalized spacial score (nSPS) is 18.0. The van der Waals surface area contributed by atoms with Gasteiger partial charge in [0.2, 0.25) is 0 Å². The molecule has 0 atom stereocenters. The number of amides is 1. The molecule has 0 spiro atoms. The molecule has 24 heavy (non-hydrogen) atoms. The van der Waals surface area contributed by atoms with E-state index >= 15 is 0 Å². The summed E-state index contributed by atoms with van der Waals surface area (Å²) in [5.41, 5.74) is 2.66. The van der Waals surface area contributed by atoms with E-state index in [4.69, 9.17) is 11.6 Å². The zero-order valence-electron chi connectivity index (χ0n) is 13.7. The molecule has 0 bridgehead atoms. The third-order valence-electron chi connectivity index (χ3n) is 3.74. The Morgan fingerprint density at radius 1 is 1.33 bits per heavy atom. The van der Waals surface area contributed by atoms with Crippen LogP contribution in [0.5, 0.6) is 0 Å². The first-order valence-corrected chi connectivity index (χ1v) is 8.85. The molecular formula is C18H18ClN3OS. The van der Waals surface area contributed by atoms with Crippen LogP contribution in [-0.4, -0.2) is 15.6 Å². The molecule has 2 heterocycles. The van der Waals surface area contributed by atoms with Crippen molar-refractivity contribution < 1.29 is 4.79 Å². The second kappa shape index (κ2) is 6.87. The fourth-order valence-corrected chi connectivity index (χ4v) is 3.30. The largest absolute Gasteiger partial charge is 0.351 e. The lowest BCUT2D eigenvalue weighted by Gasteiger charge is -2.04. The summed E-state index contributed by atoms with van der Waals surface area (Å²) in [5.74, 6) is -0.129. The fraction of sp³-hybridized carbons (Fsp3) is 0.222. The quantitative estimate of drug-likeness (QED) is 0.790. The highest BCUT2D eigenvalue weighted by Gasteiger charge is 2.24. The van der Waals surface area contributed by atoms with Gasteiger partial charge in [-0.3, -0.25) is 4.79 Å². The summed E-state index contributed by atoms with van der Waals surface area (Å²) in [4.78, 5) is 17.3. The Labute approximate surface area is 150 Å². The van der Waals surface area contributed by atoms with Gasteiger partial charge in [0.05, 0.1) is 10.6 Å². The van der Waals surface area contributed by atoms with Gasteiger partial charge in [0.15, 0.2) is 5.17 Å². The molecule has 1 fully saturated rings. The van der Waals surface area contributed by atoms with E-state index in [2.05, 4.69) is 28.7 Å². The van der Waals surface area contributed by atoms with Crippen LogP contribution >= 0.6 is 23.4 Å². The molecule has 6 heteroatoms.